The van der Waals surface area contributed by atoms with Crippen molar-refractivity contribution in [3.05, 3.63) is 122 Å². The molecule has 2 atom stereocenters. The monoisotopic (exact) mass is 537 g/mol. The lowest BCUT2D eigenvalue weighted by molar-refractivity contribution is 0.157. The molecule has 4 aromatic carbocycles. The first-order valence-corrected chi connectivity index (χ1v) is 14.2. The van der Waals surface area contributed by atoms with Crippen LogP contribution in [0, 0.1) is 6.67 Å². The lowest BCUT2D eigenvalue weighted by atomic mass is 9.86. The Morgan fingerprint density at radius 2 is 1.54 bits per heavy atom. The van der Waals surface area contributed by atoms with Gasteiger partial charge in [-0.2, -0.15) is 0 Å². The number of rotatable bonds is 4. The van der Waals surface area contributed by atoms with E-state index in [-0.39, 0.29) is 5.41 Å². The molecular formula is C36H33N4O+. The number of hydrogen-bond donors (Lipinski definition) is 0. The highest BCUT2D eigenvalue weighted by Gasteiger charge is 2.59. The van der Waals surface area contributed by atoms with E-state index in [1.807, 2.05) is 24.4 Å². The van der Waals surface area contributed by atoms with Gasteiger partial charge in [-0.05, 0) is 53.4 Å². The molecule has 0 amide bonds. The van der Waals surface area contributed by atoms with E-state index in [9.17, 15) is 0 Å². The van der Waals surface area contributed by atoms with Crippen molar-refractivity contribution in [2.24, 2.45) is 0 Å². The molecular weight excluding hydrogens is 504 g/mol. The summed E-state index contributed by atoms with van der Waals surface area (Å²) in [6.45, 7) is 10.3. The van der Waals surface area contributed by atoms with Crippen molar-refractivity contribution in [1.82, 2.24) is 18.5 Å². The van der Waals surface area contributed by atoms with Crippen molar-refractivity contribution in [2.75, 3.05) is 13.7 Å². The molecule has 1 saturated heterocycles. The topological polar surface area (TPSA) is 27.1 Å². The largest absolute Gasteiger partial charge is 0.457 e. The fraction of sp³-hybridized carbons (Fsp3) is 0.167. The van der Waals surface area contributed by atoms with E-state index < -0.39 is 0 Å². The minimum absolute atomic E-state index is 0.100. The fourth-order valence-electron chi connectivity index (χ4n) is 6.86. The highest BCUT2D eigenvalue weighted by Crippen LogP contribution is 2.61. The molecule has 0 unspecified atom stereocenters. The van der Waals surface area contributed by atoms with E-state index in [1.165, 1.54) is 28.0 Å². The molecule has 0 saturated carbocycles. The zero-order valence-electron chi connectivity index (χ0n) is 23.9. The summed E-state index contributed by atoms with van der Waals surface area (Å²) in [7, 11) is 2.30. The zero-order valence-corrected chi connectivity index (χ0v) is 23.9. The van der Waals surface area contributed by atoms with Crippen molar-refractivity contribution >= 4 is 39.0 Å². The molecule has 0 radical (unpaired) electrons. The van der Waals surface area contributed by atoms with Gasteiger partial charge in [-0.1, -0.05) is 57.2 Å². The first-order chi connectivity index (χ1) is 19.8. The average Bonchev–Trinajstić information content (AvgIpc) is 3.52. The second-order valence-corrected chi connectivity index (χ2v) is 12.7. The Hall–Kier alpha value is -4.45. The van der Waals surface area contributed by atoms with Crippen LogP contribution >= 0.6 is 0 Å². The van der Waals surface area contributed by atoms with Gasteiger partial charge in [0.1, 0.15) is 22.8 Å². The number of aromatic nitrogens is 2. The summed E-state index contributed by atoms with van der Waals surface area (Å²) >= 11 is 0. The molecule has 0 spiro atoms. The van der Waals surface area contributed by atoms with Gasteiger partial charge in [0.05, 0.1) is 24.9 Å². The molecule has 5 heteroatoms. The Balaban J connectivity index is 1.16. The van der Waals surface area contributed by atoms with Gasteiger partial charge in [0, 0.05) is 41.2 Å². The smallest absolute Gasteiger partial charge is 0.181 e. The first-order valence-electron chi connectivity index (χ1n) is 14.2. The maximum Gasteiger partial charge on any atom is 0.181 e. The van der Waals surface area contributed by atoms with Gasteiger partial charge in [0.15, 0.2) is 18.0 Å². The number of para-hydroxylation sites is 1. The second kappa shape index (κ2) is 8.29. The highest BCUT2D eigenvalue weighted by molar-refractivity contribution is 6.07. The summed E-state index contributed by atoms with van der Waals surface area (Å²) in [5.74, 6) is 1.63. The second-order valence-electron chi connectivity index (χ2n) is 12.7. The van der Waals surface area contributed by atoms with E-state index in [0.29, 0.717) is 0 Å². The van der Waals surface area contributed by atoms with Gasteiger partial charge in [0.25, 0.3) is 0 Å². The van der Waals surface area contributed by atoms with Crippen LogP contribution in [0.2, 0.25) is 0 Å². The van der Waals surface area contributed by atoms with Gasteiger partial charge >= 0.3 is 0 Å². The number of hydrogen-bond acceptors (Lipinski definition) is 2. The standard InChI is InChI=1S/C36H33N4O/c1-36(2,3)25-17-18-33-34(20-25)40(23-39(33,4)24-40)27-11-8-13-29(22-27)41-28-12-7-10-26(21-28)38-32-16-6-5-14-30(32)31-15-9-19-37-35(31)38/h5-23H,24H2,1-4H3/q+1/t39-,40+/m0/s1. The Labute approximate surface area is 240 Å². The summed E-state index contributed by atoms with van der Waals surface area (Å²) in [4.78, 5) is 4.74. The number of nitrogens with zero attached hydrogens (tertiary/aromatic N) is 4. The molecule has 2 aromatic heterocycles. The third-order valence-electron chi connectivity index (χ3n) is 8.81. The van der Waals surface area contributed by atoms with Crippen LogP contribution < -0.4 is 13.7 Å². The Kier molecular flexibility index (Phi) is 4.92. The van der Waals surface area contributed by atoms with Crippen molar-refractivity contribution in [2.45, 2.75) is 26.2 Å². The van der Waals surface area contributed by atoms with Crippen molar-refractivity contribution in [1.29, 1.82) is 0 Å². The molecule has 6 aromatic rings. The Bertz CT molecular complexity index is 1940. The first kappa shape index (κ1) is 24.4. The van der Waals surface area contributed by atoms with E-state index in [0.717, 1.165) is 49.4 Å². The Morgan fingerprint density at radius 1 is 0.780 bits per heavy atom. The van der Waals surface area contributed by atoms with Gasteiger partial charge in [0.2, 0.25) is 0 Å². The van der Waals surface area contributed by atoms with E-state index in [4.69, 9.17) is 9.72 Å². The third-order valence-corrected chi connectivity index (χ3v) is 8.81. The van der Waals surface area contributed by atoms with Crippen molar-refractivity contribution in [3.63, 3.8) is 0 Å². The quantitative estimate of drug-likeness (QED) is 0.166. The molecule has 41 heavy (non-hydrogen) atoms. The summed E-state index contributed by atoms with van der Waals surface area (Å²) in [6.07, 6.45) is 1.86. The van der Waals surface area contributed by atoms with Crippen LogP contribution in [0.15, 0.2) is 109 Å². The summed E-state index contributed by atoms with van der Waals surface area (Å²) in [5.41, 5.74) is 8.56. The maximum absolute atomic E-state index is 6.53. The number of quaternary nitrogens is 2. The van der Waals surface area contributed by atoms with Gasteiger partial charge < -0.3 is 9.22 Å². The zero-order chi connectivity index (χ0) is 28.0. The summed E-state index contributed by atoms with van der Waals surface area (Å²) in [6, 6.07) is 36.5. The summed E-state index contributed by atoms with van der Waals surface area (Å²) in [5, 5.41) is 2.34. The van der Waals surface area contributed by atoms with Gasteiger partial charge in [-0.25, -0.2) is 4.98 Å². The minimum atomic E-state index is 0.100. The lowest BCUT2D eigenvalue weighted by Gasteiger charge is -2.54. The van der Waals surface area contributed by atoms with Crippen LogP contribution in [0.4, 0.5) is 17.1 Å². The molecule has 5 nitrogen and oxygen atoms in total. The van der Waals surface area contributed by atoms with E-state index in [2.05, 4.69) is 124 Å². The van der Waals surface area contributed by atoms with E-state index >= 15 is 0 Å². The molecule has 3 aliphatic heterocycles. The van der Waals surface area contributed by atoms with Crippen LogP contribution in [0.25, 0.3) is 27.6 Å². The number of fused-ring (bicyclic) bond motifs is 3. The van der Waals surface area contributed by atoms with Crippen molar-refractivity contribution < 1.29 is 4.74 Å². The number of ether oxygens (including phenoxy) is 1. The number of benzene rings is 4. The molecule has 9 rings (SSSR count). The van der Waals surface area contributed by atoms with Gasteiger partial charge in [-0.15, -0.1) is 0 Å². The minimum Gasteiger partial charge on any atom is -0.457 e. The van der Waals surface area contributed by atoms with Gasteiger partial charge in [-0.3, -0.25) is 9.05 Å². The number of pyridine rings is 1. The Morgan fingerprint density at radius 3 is 2.37 bits per heavy atom. The van der Waals surface area contributed by atoms with Crippen LogP contribution in [-0.2, 0) is 5.41 Å². The van der Waals surface area contributed by atoms with Crippen LogP contribution in [0.1, 0.15) is 26.3 Å². The van der Waals surface area contributed by atoms with Crippen LogP contribution in [-0.4, -0.2) is 23.3 Å². The normalized spacial score (nSPS) is 21.2. The lowest BCUT2D eigenvalue weighted by Crippen LogP contribution is -2.68. The molecule has 0 aliphatic carbocycles. The maximum atomic E-state index is 6.53. The molecule has 1 fully saturated rings. The molecule has 2 bridgehead atoms. The molecule has 5 heterocycles. The van der Waals surface area contributed by atoms with Crippen LogP contribution in [0.5, 0.6) is 11.5 Å². The van der Waals surface area contributed by atoms with E-state index in [1.54, 1.807) is 0 Å². The molecule has 0 N–H and O–H groups in total. The third kappa shape index (κ3) is 3.52. The van der Waals surface area contributed by atoms with Crippen LogP contribution in [0.3, 0.4) is 0 Å². The highest BCUT2D eigenvalue weighted by atomic mass is 16.5. The SMILES string of the molecule is CC(C)(C)c1ccc2c(c1)[N@+]1(c3cccc(Oc4cccc(-n5c6ccccc6c6cccnc65)c4)c3)[CH-][N@@+]2(C)C1. The predicted octanol–water partition coefficient (Wildman–Crippen LogP) is 8.95. The molecule has 3 aliphatic rings. The average molecular weight is 538 g/mol. The van der Waals surface area contributed by atoms with Crippen molar-refractivity contribution in [3.8, 4) is 17.2 Å². The molecule has 202 valence electrons. The predicted molar refractivity (Wildman–Crippen MR) is 169 cm³/mol. The fourth-order valence-corrected chi connectivity index (χ4v) is 6.86. The summed E-state index contributed by atoms with van der Waals surface area (Å²) < 4.78 is 10.4.